The smallest absolute Gasteiger partial charge is 0.134 e. The van der Waals surface area contributed by atoms with Crippen LogP contribution in [0.3, 0.4) is 0 Å². The minimum Gasteiger partial charge on any atom is -0.384 e. The number of nitrogens with zero attached hydrogens (tertiary/aromatic N) is 3. The molecule has 0 radical (unpaired) electrons. The number of hydrogen-bond acceptors (Lipinski definition) is 4. The van der Waals surface area contributed by atoms with Crippen LogP contribution in [0, 0.1) is 6.92 Å². The number of aromatic nitrogens is 2. The molecule has 0 spiro atoms. The van der Waals surface area contributed by atoms with Gasteiger partial charge in [0.05, 0.1) is 0 Å². The first-order chi connectivity index (χ1) is 6.75. The lowest BCUT2D eigenvalue weighted by Crippen LogP contribution is -2.30. The number of nitrogen functional groups attached to an aromatic ring is 1. The van der Waals surface area contributed by atoms with Gasteiger partial charge in [-0.1, -0.05) is 0 Å². The standard InChI is InChI=1S/C10H16N4/c1-8-12-9(11)7-10(13-8)14-5-3-2-4-6-14/h7H,2-6H2,1H3,(H2,11,12,13). The van der Waals surface area contributed by atoms with Crippen molar-refractivity contribution in [3.63, 3.8) is 0 Å². The maximum Gasteiger partial charge on any atom is 0.134 e. The Balaban J connectivity index is 2.21. The van der Waals surface area contributed by atoms with Crippen LogP contribution < -0.4 is 10.6 Å². The Morgan fingerprint density at radius 3 is 2.57 bits per heavy atom. The predicted octanol–water partition coefficient (Wildman–Crippen LogP) is 1.36. The minimum atomic E-state index is 0.568. The van der Waals surface area contributed by atoms with Crippen molar-refractivity contribution >= 4 is 11.6 Å². The average Bonchev–Trinajstić information content (AvgIpc) is 2.18. The summed E-state index contributed by atoms with van der Waals surface area (Å²) >= 11 is 0. The van der Waals surface area contributed by atoms with Gasteiger partial charge in [0.1, 0.15) is 17.5 Å². The van der Waals surface area contributed by atoms with E-state index in [-0.39, 0.29) is 0 Å². The molecule has 0 atom stereocenters. The first-order valence-corrected chi connectivity index (χ1v) is 5.12. The van der Waals surface area contributed by atoms with Gasteiger partial charge in [-0.25, -0.2) is 9.97 Å². The molecule has 2 rings (SSSR count). The van der Waals surface area contributed by atoms with Crippen molar-refractivity contribution in [3.8, 4) is 0 Å². The van der Waals surface area contributed by atoms with Crippen molar-refractivity contribution in [3.05, 3.63) is 11.9 Å². The van der Waals surface area contributed by atoms with Gasteiger partial charge in [-0.15, -0.1) is 0 Å². The molecule has 14 heavy (non-hydrogen) atoms. The molecule has 1 fully saturated rings. The van der Waals surface area contributed by atoms with Gasteiger partial charge in [0.2, 0.25) is 0 Å². The van der Waals surface area contributed by atoms with E-state index in [0.717, 1.165) is 24.7 Å². The molecule has 4 nitrogen and oxygen atoms in total. The van der Waals surface area contributed by atoms with Crippen LogP contribution >= 0.6 is 0 Å². The molecule has 76 valence electrons. The SMILES string of the molecule is Cc1nc(N)cc(N2CCCCC2)n1. The van der Waals surface area contributed by atoms with Gasteiger partial charge in [0.15, 0.2) is 0 Å². The van der Waals surface area contributed by atoms with Crippen LogP contribution in [-0.4, -0.2) is 23.1 Å². The molecule has 0 bridgehead atoms. The number of piperidine rings is 1. The normalized spacial score (nSPS) is 17.1. The quantitative estimate of drug-likeness (QED) is 0.730. The van der Waals surface area contributed by atoms with E-state index >= 15 is 0 Å². The maximum atomic E-state index is 5.69. The van der Waals surface area contributed by atoms with E-state index in [4.69, 9.17) is 5.73 Å². The second-order valence-corrected chi connectivity index (χ2v) is 3.75. The van der Waals surface area contributed by atoms with E-state index in [1.165, 1.54) is 19.3 Å². The zero-order valence-electron chi connectivity index (χ0n) is 8.53. The van der Waals surface area contributed by atoms with Gasteiger partial charge in [-0.2, -0.15) is 0 Å². The second kappa shape index (κ2) is 3.82. The number of anilines is 2. The van der Waals surface area contributed by atoms with Crippen LogP contribution in [0.25, 0.3) is 0 Å². The van der Waals surface area contributed by atoms with E-state index < -0.39 is 0 Å². The van der Waals surface area contributed by atoms with Crippen LogP contribution in [0.2, 0.25) is 0 Å². The Bertz CT molecular complexity index is 298. The van der Waals surface area contributed by atoms with E-state index in [9.17, 15) is 0 Å². The molecular formula is C10H16N4. The highest BCUT2D eigenvalue weighted by Crippen LogP contribution is 2.18. The largest absolute Gasteiger partial charge is 0.384 e. The van der Waals surface area contributed by atoms with E-state index in [1.54, 1.807) is 0 Å². The Morgan fingerprint density at radius 2 is 1.93 bits per heavy atom. The Hall–Kier alpha value is -1.32. The lowest BCUT2D eigenvalue weighted by Gasteiger charge is -2.27. The number of hydrogen-bond donors (Lipinski definition) is 1. The molecule has 1 saturated heterocycles. The minimum absolute atomic E-state index is 0.568. The fourth-order valence-electron chi connectivity index (χ4n) is 1.86. The Morgan fingerprint density at radius 1 is 1.21 bits per heavy atom. The molecule has 1 aromatic rings. The number of aryl methyl sites for hydroxylation is 1. The average molecular weight is 192 g/mol. The molecule has 1 aliphatic heterocycles. The van der Waals surface area contributed by atoms with Gasteiger partial charge >= 0.3 is 0 Å². The fraction of sp³-hybridized carbons (Fsp3) is 0.600. The fourth-order valence-corrected chi connectivity index (χ4v) is 1.86. The summed E-state index contributed by atoms with van der Waals surface area (Å²) < 4.78 is 0. The molecule has 0 saturated carbocycles. The molecule has 0 unspecified atom stereocenters. The second-order valence-electron chi connectivity index (χ2n) is 3.75. The number of nitrogens with two attached hydrogens (primary N) is 1. The summed E-state index contributed by atoms with van der Waals surface area (Å²) in [6.45, 7) is 4.07. The zero-order chi connectivity index (χ0) is 9.97. The van der Waals surface area contributed by atoms with Gasteiger partial charge in [0.25, 0.3) is 0 Å². The van der Waals surface area contributed by atoms with Crippen LogP contribution in [-0.2, 0) is 0 Å². The molecule has 1 aliphatic rings. The summed E-state index contributed by atoms with van der Waals surface area (Å²) in [4.78, 5) is 10.7. The summed E-state index contributed by atoms with van der Waals surface area (Å²) in [5.74, 6) is 2.30. The van der Waals surface area contributed by atoms with Crippen LogP contribution in [0.4, 0.5) is 11.6 Å². The lowest BCUT2D eigenvalue weighted by atomic mass is 10.1. The van der Waals surface area contributed by atoms with Gasteiger partial charge < -0.3 is 10.6 Å². The van der Waals surface area contributed by atoms with Gasteiger partial charge in [-0.05, 0) is 26.2 Å². The molecule has 2 heterocycles. The summed E-state index contributed by atoms with van der Waals surface area (Å²) in [7, 11) is 0. The van der Waals surface area contributed by atoms with Crippen molar-refractivity contribution in [1.29, 1.82) is 0 Å². The first kappa shape index (κ1) is 9.24. The monoisotopic (exact) mass is 192 g/mol. The molecule has 0 aromatic carbocycles. The topological polar surface area (TPSA) is 55.0 Å². The Kier molecular flexibility index (Phi) is 2.52. The highest BCUT2D eigenvalue weighted by atomic mass is 15.2. The third kappa shape index (κ3) is 1.95. The predicted molar refractivity (Wildman–Crippen MR) is 57.2 cm³/mol. The highest BCUT2D eigenvalue weighted by molar-refractivity contribution is 5.47. The van der Waals surface area contributed by atoms with Crippen LogP contribution in [0.15, 0.2) is 6.07 Å². The van der Waals surface area contributed by atoms with Crippen molar-refractivity contribution in [2.75, 3.05) is 23.7 Å². The third-order valence-electron chi connectivity index (χ3n) is 2.52. The summed E-state index contributed by atoms with van der Waals surface area (Å²) in [5.41, 5.74) is 5.69. The summed E-state index contributed by atoms with van der Waals surface area (Å²) in [5, 5.41) is 0. The molecule has 0 aliphatic carbocycles. The molecule has 2 N–H and O–H groups in total. The molecule has 0 amide bonds. The number of rotatable bonds is 1. The highest BCUT2D eigenvalue weighted by Gasteiger charge is 2.12. The lowest BCUT2D eigenvalue weighted by molar-refractivity contribution is 0.572. The van der Waals surface area contributed by atoms with Crippen molar-refractivity contribution in [1.82, 2.24) is 9.97 Å². The van der Waals surface area contributed by atoms with E-state index in [1.807, 2.05) is 13.0 Å². The summed E-state index contributed by atoms with van der Waals surface area (Å²) in [6, 6.07) is 1.86. The maximum absolute atomic E-state index is 5.69. The van der Waals surface area contributed by atoms with Crippen molar-refractivity contribution in [2.24, 2.45) is 0 Å². The summed E-state index contributed by atoms with van der Waals surface area (Å²) in [6.07, 6.45) is 3.84. The third-order valence-corrected chi connectivity index (χ3v) is 2.52. The van der Waals surface area contributed by atoms with Gasteiger partial charge in [0, 0.05) is 19.2 Å². The van der Waals surface area contributed by atoms with Gasteiger partial charge in [-0.3, -0.25) is 0 Å². The molecule has 1 aromatic heterocycles. The van der Waals surface area contributed by atoms with E-state index in [0.29, 0.717) is 5.82 Å². The molecular weight excluding hydrogens is 176 g/mol. The van der Waals surface area contributed by atoms with Crippen molar-refractivity contribution < 1.29 is 0 Å². The van der Waals surface area contributed by atoms with Crippen molar-refractivity contribution in [2.45, 2.75) is 26.2 Å². The first-order valence-electron chi connectivity index (χ1n) is 5.12. The van der Waals surface area contributed by atoms with Crippen LogP contribution in [0.5, 0.6) is 0 Å². The molecule has 4 heteroatoms. The Labute approximate surface area is 84.2 Å². The zero-order valence-corrected chi connectivity index (χ0v) is 8.53. The van der Waals surface area contributed by atoms with E-state index in [2.05, 4.69) is 14.9 Å². The van der Waals surface area contributed by atoms with Crippen LogP contribution in [0.1, 0.15) is 25.1 Å².